The molecule has 0 saturated heterocycles. The quantitative estimate of drug-likeness (QED) is 0.177. The Hall–Kier alpha value is -6.12. The lowest BCUT2D eigenvalue weighted by atomic mass is 9.87. The number of aromatic nitrogens is 2. The number of hydrogen-bond acceptors (Lipinski definition) is 4. The smallest absolute Gasteiger partial charge is 0.149 e. The lowest BCUT2D eigenvalue weighted by molar-refractivity contribution is 0.662. The number of benzene rings is 6. The Labute approximate surface area is 334 Å². The lowest BCUT2D eigenvalue weighted by Gasteiger charge is -2.26. The molecule has 0 amide bonds. The van der Waals surface area contributed by atoms with Crippen molar-refractivity contribution in [2.45, 2.75) is 78.8 Å². The highest BCUT2D eigenvalue weighted by Crippen LogP contribution is 2.46. The summed E-state index contributed by atoms with van der Waals surface area (Å²) in [7, 11) is 0. The van der Waals surface area contributed by atoms with Gasteiger partial charge in [0.1, 0.15) is 28.2 Å². The third kappa shape index (κ3) is 5.01. The number of nitriles is 1. The van der Waals surface area contributed by atoms with Gasteiger partial charge in [-0.3, -0.25) is 4.57 Å². The summed E-state index contributed by atoms with van der Waals surface area (Å²) in [5.41, 5.74) is 6.63. The average Bonchev–Trinajstić information content (AvgIpc) is 3.93. The van der Waals surface area contributed by atoms with Crippen LogP contribution in [0.1, 0.15) is 105 Å². The standard InChI is InChI=1S/C50H43N3O2/c1-27(2)38-23-34(32-12-8-7-9-13-32)24-39(28(3)4)46(38)53-47-35-15-11-10-14-33(35)18-21-41(47)52-50(53)37-19-16-29(5)44-40-25-43-45(30(6)48(40)55-49(37)44)36-20-17-31(26-51)22-42(36)54-43/h7-9,12-13,16-25,27-28H,10-11,14-15H2,1-6H3/i5D3,6D3,14D2,15D2. The Morgan fingerprint density at radius 1 is 0.764 bits per heavy atom. The van der Waals surface area contributed by atoms with Crippen LogP contribution in [-0.2, 0) is 12.7 Å². The van der Waals surface area contributed by atoms with Gasteiger partial charge in [-0.2, -0.15) is 5.26 Å². The predicted octanol–water partition coefficient (Wildman–Crippen LogP) is 13.8. The van der Waals surface area contributed by atoms with Crippen LogP contribution in [0.2, 0.25) is 0 Å². The van der Waals surface area contributed by atoms with Crippen LogP contribution in [0.25, 0.3) is 83.1 Å². The van der Waals surface area contributed by atoms with Gasteiger partial charge in [-0.15, -0.1) is 0 Å². The van der Waals surface area contributed by atoms with Crippen LogP contribution in [0.3, 0.4) is 0 Å². The molecule has 3 heterocycles. The number of rotatable bonds is 5. The average molecular weight is 728 g/mol. The Morgan fingerprint density at radius 3 is 2.31 bits per heavy atom. The summed E-state index contributed by atoms with van der Waals surface area (Å²) in [6, 6.07) is 29.2. The van der Waals surface area contributed by atoms with Crippen molar-refractivity contribution in [3.05, 3.63) is 130 Å². The molecule has 0 fully saturated rings. The Morgan fingerprint density at radius 2 is 1.56 bits per heavy atom. The summed E-state index contributed by atoms with van der Waals surface area (Å²) in [6.45, 7) is 2.87. The number of nitrogens with zero attached hydrogens (tertiary/aromatic N) is 3. The van der Waals surface area contributed by atoms with Crippen molar-refractivity contribution >= 4 is 54.9 Å². The van der Waals surface area contributed by atoms with Crippen LogP contribution in [0, 0.1) is 25.0 Å². The van der Waals surface area contributed by atoms with E-state index in [1.807, 2.05) is 22.8 Å². The molecular formula is C50H43N3O2. The van der Waals surface area contributed by atoms with Crippen molar-refractivity contribution in [2.75, 3.05) is 0 Å². The second kappa shape index (κ2) is 12.5. The number of fused-ring (bicyclic) bond motifs is 9. The first-order valence-electron chi connectivity index (χ1n) is 23.7. The number of hydrogen-bond donors (Lipinski definition) is 0. The number of aryl methyl sites for hydroxylation is 4. The molecule has 0 atom stereocenters. The summed E-state index contributed by atoms with van der Waals surface area (Å²) in [6.07, 6.45) is -3.89. The van der Waals surface area contributed by atoms with E-state index in [0.717, 1.165) is 27.9 Å². The highest BCUT2D eigenvalue weighted by molar-refractivity contribution is 6.19. The molecule has 1 aliphatic rings. The Kier molecular flexibility index (Phi) is 5.51. The molecule has 0 spiro atoms. The van der Waals surface area contributed by atoms with E-state index in [0.29, 0.717) is 33.1 Å². The largest absolute Gasteiger partial charge is 0.456 e. The van der Waals surface area contributed by atoms with Crippen molar-refractivity contribution in [1.29, 1.82) is 5.26 Å². The molecular weight excluding hydrogens is 675 g/mol. The van der Waals surface area contributed by atoms with Crippen LogP contribution in [0.15, 0.2) is 99.8 Å². The first-order chi connectivity index (χ1) is 30.6. The van der Waals surface area contributed by atoms with Gasteiger partial charge in [0.25, 0.3) is 0 Å². The molecule has 55 heavy (non-hydrogen) atoms. The molecule has 10 rings (SSSR count). The molecule has 0 unspecified atom stereocenters. The van der Waals surface area contributed by atoms with E-state index in [9.17, 15) is 8.00 Å². The molecule has 5 nitrogen and oxygen atoms in total. The summed E-state index contributed by atoms with van der Waals surface area (Å²) in [4.78, 5) is 5.27. The van der Waals surface area contributed by atoms with E-state index in [2.05, 4.69) is 58.0 Å². The summed E-state index contributed by atoms with van der Waals surface area (Å²) in [5, 5.41) is 10.7. The summed E-state index contributed by atoms with van der Waals surface area (Å²) in [5.74, 6) is 0.112. The number of imidazole rings is 1. The maximum atomic E-state index is 9.62. The Balaban J connectivity index is 1.41. The molecule has 0 aliphatic heterocycles. The van der Waals surface area contributed by atoms with Crippen LogP contribution < -0.4 is 0 Å². The highest BCUT2D eigenvalue weighted by Gasteiger charge is 2.29. The van der Waals surface area contributed by atoms with Crippen molar-refractivity contribution in [3.8, 4) is 34.3 Å². The topological polar surface area (TPSA) is 67.9 Å². The molecule has 0 saturated carbocycles. The molecule has 270 valence electrons. The van der Waals surface area contributed by atoms with E-state index >= 15 is 0 Å². The van der Waals surface area contributed by atoms with E-state index < -0.39 is 26.4 Å². The second-order valence-corrected chi connectivity index (χ2v) is 15.1. The third-order valence-electron chi connectivity index (χ3n) is 11.0. The van der Waals surface area contributed by atoms with E-state index in [-0.39, 0.29) is 85.7 Å². The van der Waals surface area contributed by atoms with Gasteiger partial charge >= 0.3 is 0 Å². The lowest BCUT2D eigenvalue weighted by Crippen LogP contribution is -2.12. The highest BCUT2D eigenvalue weighted by atomic mass is 16.3. The fourth-order valence-corrected chi connectivity index (χ4v) is 8.41. The minimum atomic E-state index is -2.79. The van der Waals surface area contributed by atoms with Crippen molar-refractivity contribution in [1.82, 2.24) is 9.55 Å². The van der Waals surface area contributed by atoms with Gasteiger partial charge in [-0.1, -0.05) is 70.2 Å². The maximum absolute atomic E-state index is 9.62. The van der Waals surface area contributed by atoms with Crippen LogP contribution in [0.5, 0.6) is 0 Å². The molecule has 9 aromatic rings. The van der Waals surface area contributed by atoms with Gasteiger partial charge in [0.15, 0.2) is 0 Å². The Bertz CT molecular complexity index is 3460. The molecule has 3 aromatic heterocycles. The van der Waals surface area contributed by atoms with E-state index in [1.165, 1.54) is 12.1 Å². The van der Waals surface area contributed by atoms with Crippen molar-refractivity contribution in [3.63, 3.8) is 0 Å². The van der Waals surface area contributed by atoms with Gasteiger partial charge in [-0.25, -0.2) is 4.98 Å². The minimum absolute atomic E-state index is 0.0145. The van der Waals surface area contributed by atoms with Gasteiger partial charge in [0.2, 0.25) is 0 Å². The monoisotopic (exact) mass is 727 g/mol. The SMILES string of the molecule is [2H]C([2H])([2H])c1c2oc3c(-c4nc5ccc6c(c5n4-c4c(C(C)C)cc(-c5ccccc5)cc4C(C)C)C([2H])([2H])CCC6([2H])[2H])ccc(C([2H])([2H])[2H])c3c2cc2oc3cc(C#N)ccc3c12. The molecule has 1 aliphatic carbocycles. The van der Waals surface area contributed by atoms with Gasteiger partial charge < -0.3 is 8.83 Å². The second-order valence-electron chi connectivity index (χ2n) is 15.1. The number of furan rings is 2. The van der Waals surface area contributed by atoms with Crippen LogP contribution in [-0.4, -0.2) is 9.55 Å². The van der Waals surface area contributed by atoms with Gasteiger partial charge in [-0.05, 0) is 139 Å². The van der Waals surface area contributed by atoms with Crippen molar-refractivity contribution < 1.29 is 22.5 Å². The first kappa shape index (κ1) is 24.3. The van der Waals surface area contributed by atoms with Crippen LogP contribution >= 0.6 is 0 Å². The van der Waals surface area contributed by atoms with E-state index in [4.69, 9.17) is 24.8 Å². The minimum Gasteiger partial charge on any atom is -0.456 e. The molecule has 0 radical (unpaired) electrons. The predicted molar refractivity (Wildman–Crippen MR) is 226 cm³/mol. The molecule has 6 aromatic carbocycles. The zero-order valence-corrected chi connectivity index (χ0v) is 30.9. The van der Waals surface area contributed by atoms with Gasteiger partial charge in [0, 0.05) is 40.8 Å². The first-order valence-corrected chi connectivity index (χ1v) is 18.7. The zero-order valence-electron chi connectivity index (χ0n) is 40.9. The van der Waals surface area contributed by atoms with Crippen LogP contribution in [0.4, 0.5) is 0 Å². The molecule has 0 N–H and O–H groups in total. The maximum Gasteiger partial charge on any atom is 0.149 e. The summed E-state index contributed by atoms with van der Waals surface area (Å²) >= 11 is 0. The zero-order chi connectivity index (χ0) is 46.3. The summed E-state index contributed by atoms with van der Waals surface area (Å²) < 4.78 is 105. The van der Waals surface area contributed by atoms with E-state index in [1.54, 1.807) is 36.4 Å². The molecule has 0 bridgehead atoms. The normalized spacial score (nSPS) is 18.3. The molecule has 5 heteroatoms. The fraction of sp³-hybridized carbons (Fsp3) is 0.240. The fourth-order valence-electron chi connectivity index (χ4n) is 8.41. The van der Waals surface area contributed by atoms with Gasteiger partial charge in [0.05, 0.1) is 33.9 Å². The van der Waals surface area contributed by atoms with Crippen molar-refractivity contribution in [2.24, 2.45) is 0 Å². The third-order valence-corrected chi connectivity index (χ3v) is 11.0.